The molecular formula is C17H12F3NO5S. The maximum absolute atomic E-state index is 14.4. The molecule has 2 heterocycles. The van der Waals surface area contributed by atoms with Gasteiger partial charge in [-0.2, -0.15) is 8.78 Å². The lowest BCUT2D eigenvalue weighted by molar-refractivity contribution is -0.136. The fourth-order valence-electron chi connectivity index (χ4n) is 2.86. The summed E-state index contributed by atoms with van der Waals surface area (Å²) in [4.78, 5) is 24.0. The van der Waals surface area contributed by atoms with Gasteiger partial charge in [-0.05, 0) is 24.6 Å². The molecule has 142 valence electrons. The summed E-state index contributed by atoms with van der Waals surface area (Å²) in [5.74, 6) is -3.62. The number of aromatic hydroxyl groups is 1. The molecule has 1 aromatic carbocycles. The zero-order valence-electron chi connectivity index (χ0n) is 13.7. The number of fused-ring (bicyclic) bond motifs is 1. The summed E-state index contributed by atoms with van der Waals surface area (Å²) in [6.07, 6.45) is -0.563. The van der Waals surface area contributed by atoms with Crippen molar-refractivity contribution in [1.29, 1.82) is 0 Å². The van der Waals surface area contributed by atoms with Crippen LogP contribution in [0.5, 0.6) is 10.8 Å². The number of carboxylic acid groups (broad SMARTS) is 1. The lowest BCUT2D eigenvalue weighted by Gasteiger charge is -2.06. The van der Waals surface area contributed by atoms with Crippen LogP contribution < -0.4 is 4.74 Å². The van der Waals surface area contributed by atoms with Gasteiger partial charge in [0.1, 0.15) is 0 Å². The molecular weight excluding hydrogens is 387 g/mol. The van der Waals surface area contributed by atoms with Crippen LogP contribution in [0.15, 0.2) is 23.6 Å². The van der Waals surface area contributed by atoms with Gasteiger partial charge in [-0.3, -0.25) is 14.2 Å². The van der Waals surface area contributed by atoms with Crippen LogP contribution in [0.1, 0.15) is 21.6 Å². The maximum Gasteiger partial charge on any atom is 0.388 e. The predicted molar refractivity (Wildman–Crippen MR) is 90.3 cm³/mol. The van der Waals surface area contributed by atoms with Gasteiger partial charge in [0.05, 0.1) is 17.5 Å². The minimum atomic E-state index is -3.04. The highest BCUT2D eigenvalue weighted by Crippen LogP contribution is 2.34. The van der Waals surface area contributed by atoms with Crippen LogP contribution in [-0.4, -0.2) is 33.3 Å². The van der Waals surface area contributed by atoms with E-state index in [9.17, 15) is 27.9 Å². The highest BCUT2D eigenvalue weighted by atomic mass is 32.1. The van der Waals surface area contributed by atoms with Gasteiger partial charge in [0.2, 0.25) is 0 Å². The zero-order chi connectivity index (χ0) is 19.9. The molecule has 2 N–H and O–H groups in total. The normalized spacial score (nSPS) is 11.3. The van der Waals surface area contributed by atoms with Crippen LogP contribution in [0.4, 0.5) is 13.2 Å². The summed E-state index contributed by atoms with van der Waals surface area (Å²) in [7, 11) is 0. The summed E-state index contributed by atoms with van der Waals surface area (Å²) >= 11 is 0.791. The van der Waals surface area contributed by atoms with Crippen LogP contribution in [0.2, 0.25) is 0 Å². The van der Waals surface area contributed by atoms with E-state index in [0.717, 1.165) is 28.0 Å². The number of phenols is 1. The third kappa shape index (κ3) is 3.35. The molecule has 0 saturated heterocycles. The summed E-state index contributed by atoms with van der Waals surface area (Å²) in [5.41, 5.74) is 0.292. The topological polar surface area (TPSA) is 88.8 Å². The van der Waals surface area contributed by atoms with E-state index in [1.807, 2.05) is 0 Å². The van der Waals surface area contributed by atoms with E-state index in [0.29, 0.717) is 0 Å². The monoisotopic (exact) mass is 399 g/mol. The number of thiophene rings is 1. The molecule has 0 spiro atoms. The first-order valence-electron chi connectivity index (χ1n) is 7.52. The summed E-state index contributed by atoms with van der Waals surface area (Å²) in [6.45, 7) is -1.60. The number of alkyl halides is 2. The minimum absolute atomic E-state index is 0.0195. The fraction of sp³-hybridized carbons (Fsp3) is 0.176. The summed E-state index contributed by atoms with van der Waals surface area (Å²) in [6, 6.07) is 3.45. The number of ether oxygens (including phenoxy) is 1. The number of halogens is 3. The number of hydrogen-bond acceptors (Lipinski definition) is 5. The lowest BCUT2D eigenvalue weighted by atomic mass is 10.1. The maximum atomic E-state index is 14.4. The third-order valence-electron chi connectivity index (χ3n) is 3.97. The smallest absolute Gasteiger partial charge is 0.388 e. The zero-order valence-corrected chi connectivity index (χ0v) is 14.5. The fourth-order valence-corrected chi connectivity index (χ4v) is 3.60. The lowest BCUT2D eigenvalue weighted by Crippen LogP contribution is -2.13. The molecule has 0 aliphatic rings. The molecule has 27 heavy (non-hydrogen) atoms. The van der Waals surface area contributed by atoms with Gasteiger partial charge in [0, 0.05) is 22.5 Å². The van der Waals surface area contributed by atoms with Crippen molar-refractivity contribution in [1.82, 2.24) is 4.57 Å². The minimum Gasteiger partial charge on any atom is -0.505 e. The van der Waals surface area contributed by atoms with E-state index in [4.69, 9.17) is 5.11 Å². The Labute approximate surface area is 154 Å². The van der Waals surface area contributed by atoms with Gasteiger partial charge in [-0.1, -0.05) is 0 Å². The molecule has 10 heteroatoms. The molecule has 0 atom stereocenters. The Bertz CT molecular complexity index is 1060. The standard InChI is InChI=1S/C17H12F3NO5S/c1-7-9(5-12(23)24)14-10(2-3-11(22)15(14)18)21(7)16(25)8-4-13(27-6-8)26-17(19)20/h2-4,6,17,22H,5H2,1H3,(H,23,24). The molecule has 0 amide bonds. The molecule has 0 radical (unpaired) electrons. The molecule has 0 saturated carbocycles. The van der Waals surface area contributed by atoms with Crippen LogP contribution >= 0.6 is 11.3 Å². The number of hydrogen-bond donors (Lipinski definition) is 2. The van der Waals surface area contributed by atoms with E-state index >= 15 is 0 Å². The van der Waals surface area contributed by atoms with Crippen LogP contribution in [0.3, 0.4) is 0 Å². The first-order valence-corrected chi connectivity index (χ1v) is 8.39. The van der Waals surface area contributed by atoms with Gasteiger partial charge >= 0.3 is 12.6 Å². The highest BCUT2D eigenvalue weighted by Gasteiger charge is 2.25. The molecule has 0 bridgehead atoms. The van der Waals surface area contributed by atoms with E-state index in [-0.39, 0.29) is 32.8 Å². The van der Waals surface area contributed by atoms with Crippen molar-refractivity contribution in [2.24, 2.45) is 0 Å². The van der Waals surface area contributed by atoms with Gasteiger partial charge < -0.3 is 14.9 Å². The van der Waals surface area contributed by atoms with Crippen LogP contribution in [0, 0.1) is 12.7 Å². The van der Waals surface area contributed by atoms with Crippen molar-refractivity contribution in [2.45, 2.75) is 20.0 Å². The van der Waals surface area contributed by atoms with Crippen molar-refractivity contribution in [3.8, 4) is 10.8 Å². The van der Waals surface area contributed by atoms with Crippen molar-refractivity contribution < 1.29 is 37.7 Å². The number of aliphatic carboxylic acids is 1. The van der Waals surface area contributed by atoms with Crippen LogP contribution in [0.25, 0.3) is 10.9 Å². The average Bonchev–Trinajstić information content (AvgIpc) is 3.13. The van der Waals surface area contributed by atoms with Gasteiger partial charge in [-0.25, -0.2) is 4.39 Å². The Kier molecular flexibility index (Phi) is 4.83. The molecule has 0 aliphatic carbocycles. The second-order valence-electron chi connectivity index (χ2n) is 5.60. The Morgan fingerprint density at radius 2 is 2.04 bits per heavy atom. The second-order valence-corrected chi connectivity index (χ2v) is 6.47. The van der Waals surface area contributed by atoms with Gasteiger partial charge in [0.25, 0.3) is 5.91 Å². The third-order valence-corrected chi connectivity index (χ3v) is 4.79. The van der Waals surface area contributed by atoms with Gasteiger partial charge in [-0.15, -0.1) is 11.3 Å². The molecule has 3 aromatic rings. The Hall–Kier alpha value is -3.01. The van der Waals surface area contributed by atoms with Crippen molar-refractivity contribution in [3.05, 3.63) is 46.2 Å². The molecule has 2 aromatic heterocycles. The van der Waals surface area contributed by atoms with Gasteiger partial charge in [0.15, 0.2) is 16.6 Å². The van der Waals surface area contributed by atoms with Crippen LogP contribution in [-0.2, 0) is 11.2 Å². The number of nitrogens with zero attached hydrogens (tertiary/aromatic N) is 1. The van der Waals surface area contributed by atoms with Crippen molar-refractivity contribution >= 4 is 34.1 Å². The van der Waals surface area contributed by atoms with E-state index in [1.54, 1.807) is 0 Å². The molecule has 0 fully saturated rings. The number of aromatic nitrogens is 1. The number of phenolic OH excluding ortho intramolecular Hbond substituents is 1. The Balaban J connectivity index is 2.18. The number of carboxylic acids is 1. The first-order chi connectivity index (χ1) is 12.7. The number of benzene rings is 1. The first kappa shape index (κ1) is 18.8. The quantitative estimate of drug-likeness (QED) is 0.682. The molecule has 3 rings (SSSR count). The van der Waals surface area contributed by atoms with E-state index in [1.165, 1.54) is 18.4 Å². The summed E-state index contributed by atoms with van der Waals surface area (Å²) in [5, 5.41) is 19.7. The van der Waals surface area contributed by atoms with E-state index < -0.39 is 36.5 Å². The molecule has 0 unspecified atom stereocenters. The van der Waals surface area contributed by atoms with Crippen molar-refractivity contribution in [2.75, 3.05) is 0 Å². The highest BCUT2D eigenvalue weighted by molar-refractivity contribution is 7.12. The number of carbonyl (C=O) groups is 2. The Morgan fingerprint density at radius 3 is 2.67 bits per heavy atom. The molecule has 6 nitrogen and oxygen atoms in total. The molecule has 0 aliphatic heterocycles. The largest absolute Gasteiger partial charge is 0.505 e. The summed E-state index contributed by atoms with van der Waals surface area (Å²) < 4.78 is 44.4. The number of carbonyl (C=O) groups excluding carboxylic acids is 1. The van der Waals surface area contributed by atoms with Crippen molar-refractivity contribution in [3.63, 3.8) is 0 Å². The Morgan fingerprint density at radius 1 is 1.33 bits per heavy atom. The second kappa shape index (κ2) is 6.95. The predicted octanol–water partition coefficient (Wildman–Crippen LogP) is 3.77. The average molecular weight is 399 g/mol. The SMILES string of the molecule is Cc1c(CC(=O)O)c2c(F)c(O)ccc2n1C(=O)c1csc(OC(F)F)c1. The number of rotatable bonds is 5. The van der Waals surface area contributed by atoms with E-state index in [2.05, 4.69) is 4.74 Å².